The zero-order chi connectivity index (χ0) is 36.0. The summed E-state index contributed by atoms with van der Waals surface area (Å²) in [5.74, 6) is 0.316. The van der Waals surface area contributed by atoms with Gasteiger partial charge in [-0.2, -0.15) is 5.21 Å². The molecule has 268 valence electrons. The summed E-state index contributed by atoms with van der Waals surface area (Å²) in [7, 11) is 0. The predicted molar refractivity (Wildman–Crippen MR) is 198 cm³/mol. The molecular weight excluding hydrogens is 642 g/mol. The second kappa shape index (κ2) is 15.9. The van der Waals surface area contributed by atoms with Crippen LogP contribution < -0.4 is 27.0 Å². The van der Waals surface area contributed by atoms with E-state index in [1.165, 1.54) is 0 Å². The van der Waals surface area contributed by atoms with Gasteiger partial charge in [-0.3, -0.25) is 14.4 Å². The lowest BCUT2D eigenvalue weighted by molar-refractivity contribution is -0.130. The molecule has 0 bridgehead atoms. The number of nitrogens with one attached hydrogen (secondary N) is 5. The number of nitrogens with two attached hydrogens (primary N) is 1. The van der Waals surface area contributed by atoms with Gasteiger partial charge in [0.25, 0.3) is 5.91 Å². The molecule has 3 amide bonds. The first-order chi connectivity index (χ1) is 24.6. The molecule has 2 atom stereocenters. The third-order valence-corrected chi connectivity index (χ3v) is 10.6. The zero-order valence-corrected chi connectivity index (χ0v) is 29.7. The number of aromatic nitrogens is 4. The minimum atomic E-state index is -0.781. The number of hydrogen-bond acceptors (Lipinski definition) is 8. The fourth-order valence-corrected chi connectivity index (χ4v) is 7.24. The predicted octanol–water partition coefficient (Wildman–Crippen LogP) is 4.39. The van der Waals surface area contributed by atoms with Crippen molar-refractivity contribution in [2.75, 3.05) is 25.0 Å². The van der Waals surface area contributed by atoms with Crippen molar-refractivity contribution in [3.8, 4) is 22.5 Å². The molecule has 2 fully saturated rings. The number of nitrogens with zero attached hydrogens (tertiary/aromatic N) is 3. The fourth-order valence-electron chi connectivity index (χ4n) is 7.24. The summed E-state index contributed by atoms with van der Waals surface area (Å²) < 4.78 is 0. The number of carbonyl (C=O) groups is 3. The molecule has 1 unspecified atom stereocenters. The molecule has 0 spiro atoms. The second-order valence-electron chi connectivity index (χ2n) is 14.7. The van der Waals surface area contributed by atoms with Gasteiger partial charge in [-0.05, 0) is 127 Å². The molecule has 12 heteroatoms. The van der Waals surface area contributed by atoms with Crippen molar-refractivity contribution in [2.45, 2.75) is 71.4 Å². The van der Waals surface area contributed by atoms with Crippen LogP contribution in [0.15, 0.2) is 66.7 Å². The average molecular weight is 692 g/mol. The molecule has 2 aliphatic rings. The van der Waals surface area contributed by atoms with Crippen LogP contribution in [0.1, 0.15) is 67.4 Å². The molecule has 1 saturated heterocycles. The van der Waals surface area contributed by atoms with Crippen molar-refractivity contribution < 1.29 is 14.4 Å². The lowest BCUT2D eigenvalue weighted by atomic mass is 9.80. The summed E-state index contributed by atoms with van der Waals surface area (Å²) in [6.07, 6.45) is 4.60. The van der Waals surface area contributed by atoms with Gasteiger partial charge in [0, 0.05) is 41.7 Å². The molecule has 6 rings (SSSR count). The maximum Gasteiger partial charge on any atom is 0.251 e. The van der Waals surface area contributed by atoms with Crippen molar-refractivity contribution in [1.29, 1.82) is 0 Å². The summed E-state index contributed by atoms with van der Waals surface area (Å²) in [5.41, 5.74) is 11.8. The van der Waals surface area contributed by atoms with E-state index in [0.29, 0.717) is 36.0 Å². The highest BCUT2D eigenvalue weighted by Gasteiger charge is 2.33. The first kappa shape index (κ1) is 35.9. The molecular formula is C39H49N9O3. The fraction of sp³-hybridized carbons (Fsp3) is 0.436. The lowest BCUT2D eigenvalue weighted by Crippen LogP contribution is -2.54. The van der Waals surface area contributed by atoms with Crippen LogP contribution in [-0.2, 0) is 16.0 Å². The Balaban J connectivity index is 1.14. The van der Waals surface area contributed by atoms with E-state index < -0.39 is 6.04 Å². The number of hydrogen-bond donors (Lipinski definition) is 6. The molecule has 0 radical (unpaired) electrons. The van der Waals surface area contributed by atoms with E-state index in [-0.39, 0.29) is 35.1 Å². The number of rotatable bonds is 11. The SMILES string of the molecule is Cc1cc(C(=O)NC2CCNCC2(C)C)ccc1-c1ccc(C[C@H](NC(=O)C2CCC(CN)CC2)C(=O)Nc2ccc(-c3nn[nH]n3)cc2)cc1. The first-order valence-electron chi connectivity index (χ1n) is 18.0. The molecule has 1 aromatic heterocycles. The molecule has 3 aromatic carbocycles. The maximum atomic E-state index is 13.7. The van der Waals surface area contributed by atoms with Gasteiger partial charge < -0.3 is 27.0 Å². The van der Waals surface area contributed by atoms with Gasteiger partial charge in [0.2, 0.25) is 17.6 Å². The third kappa shape index (κ3) is 8.87. The van der Waals surface area contributed by atoms with Crippen LogP contribution in [0.25, 0.3) is 22.5 Å². The van der Waals surface area contributed by atoms with Crippen LogP contribution in [-0.4, -0.2) is 70.1 Å². The summed E-state index contributed by atoms with van der Waals surface area (Å²) in [5, 5.41) is 26.7. The molecule has 51 heavy (non-hydrogen) atoms. The Morgan fingerprint density at radius 3 is 2.31 bits per heavy atom. The van der Waals surface area contributed by atoms with E-state index in [2.05, 4.69) is 55.7 Å². The Bertz CT molecular complexity index is 1800. The normalized spacial score (nSPS) is 20.6. The van der Waals surface area contributed by atoms with Crippen molar-refractivity contribution in [2.24, 2.45) is 23.0 Å². The van der Waals surface area contributed by atoms with Gasteiger partial charge in [-0.15, -0.1) is 10.2 Å². The monoisotopic (exact) mass is 691 g/mol. The van der Waals surface area contributed by atoms with E-state index >= 15 is 0 Å². The Labute approximate surface area is 299 Å². The molecule has 1 aliphatic carbocycles. The van der Waals surface area contributed by atoms with Crippen LogP contribution in [0.5, 0.6) is 0 Å². The zero-order valence-electron chi connectivity index (χ0n) is 29.7. The maximum absolute atomic E-state index is 13.7. The number of piperidine rings is 1. The molecule has 4 aromatic rings. The van der Waals surface area contributed by atoms with E-state index in [1.54, 1.807) is 24.3 Å². The summed E-state index contributed by atoms with van der Waals surface area (Å²) in [4.78, 5) is 40.3. The van der Waals surface area contributed by atoms with Gasteiger partial charge in [0.1, 0.15) is 6.04 Å². The Kier molecular flexibility index (Phi) is 11.2. The number of aryl methyl sites for hydroxylation is 1. The Hall–Kier alpha value is -4.94. The quantitative estimate of drug-likeness (QED) is 0.134. The second-order valence-corrected chi connectivity index (χ2v) is 14.7. The van der Waals surface area contributed by atoms with Gasteiger partial charge >= 0.3 is 0 Å². The van der Waals surface area contributed by atoms with E-state index in [1.807, 2.05) is 49.4 Å². The molecule has 2 heterocycles. The van der Waals surface area contributed by atoms with E-state index in [4.69, 9.17) is 5.73 Å². The van der Waals surface area contributed by atoms with E-state index in [9.17, 15) is 14.4 Å². The summed E-state index contributed by atoms with van der Waals surface area (Å²) in [6, 6.07) is 20.3. The standard InChI is InChI=1S/C39H49N9O3/c1-24-20-30(37(50)44-34-18-19-41-23-39(34,2)3)14-17-32(24)27-8-4-25(5-9-27)21-33(43-36(49)29-10-6-26(22-40)7-11-29)38(51)42-31-15-12-28(13-16-31)35-45-47-48-46-35/h4-5,8-9,12-17,20,26,29,33-34,41H,6-7,10-11,18-19,21-23,40H2,1-3H3,(H,42,51)(H,43,49)(H,44,50)(H,45,46,47,48)/t26?,29?,33-,34?/m0/s1. The number of H-pyrrole nitrogens is 1. The number of amides is 3. The highest BCUT2D eigenvalue weighted by atomic mass is 16.2. The van der Waals surface area contributed by atoms with E-state index in [0.717, 1.165) is 73.0 Å². The smallest absolute Gasteiger partial charge is 0.251 e. The number of carbonyl (C=O) groups excluding carboxylic acids is 3. The Morgan fingerprint density at radius 2 is 1.67 bits per heavy atom. The van der Waals surface area contributed by atoms with Crippen LogP contribution in [0.3, 0.4) is 0 Å². The first-order valence-corrected chi connectivity index (χ1v) is 18.0. The van der Waals surface area contributed by atoms with Gasteiger partial charge in [0.15, 0.2) is 0 Å². The molecule has 12 nitrogen and oxygen atoms in total. The van der Waals surface area contributed by atoms with Gasteiger partial charge in [0.05, 0.1) is 0 Å². The highest BCUT2D eigenvalue weighted by Crippen LogP contribution is 2.30. The number of anilines is 1. The van der Waals surface area contributed by atoms with Crippen LogP contribution in [0.2, 0.25) is 0 Å². The van der Waals surface area contributed by atoms with Gasteiger partial charge in [-0.25, -0.2) is 0 Å². The van der Waals surface area contributed by atoms with Crippen LogP contribution in [0, 0.1) is 24.2 Å². The molecule has 1 aliphatic heterocycles. The number of aromatic amines is 1. The van der Waals surface area contributed by atoms with Crippen molar-refractivity contribution in [1.82, 2.24) is 36.6 Å². The van der Waals surface area contributed by atoms with Crippen LogP contribution in [0.4, 0.5) is 5.69 Å². The van der Waals surface area contributed by atoms with Crippen molar-refractivity contribution >= 4 is 23.4 Å². The highest BCUT2D eigenvalue weighted by molar-refractivity contribution is 5.98. The molecule has 7 N–H and O–H groups in total. The van der Waals surface area contributed by atoms with Crippen LogP contribution >= 0.6 is 0 Å². The number of benzene rings is 3. The number of tetrazole rings is 1. The summed E-state index contributed by atoms with van der Waals surface area (Å²) in [6.45, 7) is 8.77. The van der Waals surface area contributed by atoms with Gasteiger partial charge in [-0.1, -0.05) is 44.2 Å². The molecule has 1 saturated carbocycles. The minimum Gasteiger partial charge on any atom is -0.349 e. The third-order valence-electron chi connectivity index (χ3n) is 10.6. The lowest BCUT2D eigenvalue weighted by Gasteiger charge is -2.39. The van der Waals surface area contributed by atoms with Crippen molar-refractivity contribution in [3.05, 3.63) is 83.4 Å². The summed E-state index contributed by atoms with van der Waals surface area (Å²) >= 11 is 0. The Morgan fingerprint density at radius 1 is 0.941 bits per heavy atom. The largest absolute Gasteiger partial charge is 0.349 e. The topological polar surface area (TPSA) is 180 Å². The average Bonchev–Trinajstić information content (AvgIpc) is 3.68. The minimum absolute atomic E-state index is 0.0143. The van der Waals surface area contributed by atoms with Crippen molar-refractivity contribution in [3.63, 3.8) is 0 Å².